The van der Waals surface area contributed by atoms with Crippen molar-refractivity contribution in [3.05, 3.63) is 34.8 Å². The first-order valence-electron chi connectivity index (χ1n) is 4.22. The second kappa shape index (κ2) is 8.75. The molecule has 0 aliphatic rings. The lowest BCUT2D eigenvalue weighted by Gasteiger charge is -1.80. The zero-order valence-electron chi connectivity index (χ0n) is 7.46. The minimum atomic E-state index is 0.844. The molecule has 0 aromatic heterocycles. The van der Waals surface area contributed by atoms with Gasteiger partial charge in [0.05, 0.1) is 0 Å². The van der Waals surface area contributed by atoms with Gasteiger partial charge in [0.2, 0.25) is 0 Å². The predicted molar refractivity (Wildman–Crippen MR) is 58.1 cm³/mol. The molecule has 0 saturated carbocycles. The van der Waals surface area contributed by atoms with E-state index in [4.69, 9.17) is 5.73 Å². The first-order chi connectivity index (χ1) is 5.81. The Morgan fingerprint density at radius 2 is 1.83 bits per heavy atom. The van der Waals surface area contributed by atoms with E-state index in [1.807, 2.05) is 30.3 Å². The van der Waals surface area contributed by atoms with Crippen LogP contribution in [0, 0.1) is 0 Å². The van der Waals surface area contributed by atoms with E-state index in [9.17, 15) is 0 Å². The van der Waals surface area contributed by atoms with E-state index >= 15 is 0 Å². The van der Waals surface area contributed by atoms with E-state index in [2.05, 4.69) is 22.9 Å². The summed E-state index contributed by atoms with van der Waals surface area (Å²) in [6.07, 6.45) is 2.39. The van der Waals surface area contributed by atoms with Gasteiger partial charge >= 0.3 is 0 Å². The summed E-state index contributed by atoms with van der Waals surface area (Å²) >= 11 is 3.31. The third-order valence-corrected chi connectivity index (χ3v) is 1.82. The summed E-state index contributed by atoms with van der Waals surface area (Å²) in [4.78, 5) is 0. The second-order valence-corrected chi connectivity index (χ2v) is 3.35. The molecule has 2 heteroatoms. The molecule has 0 fully saturated rings. The number of unbranched alkanes of at least 4 members (excludes halogenated alkanes) is 1. The van der Waals surface area contributed by atoms with E-state index in [0.29, 0.717) is 0 Å². The molecule has 12 heavy (non-hydrogen) atoms. The van der Waals surface area contributed by atoms with Crippen molar-refractivity contribution in [3.63, 3.8) is 0 Å². The Kier molecular flexibility index (Phi) is 8.51. The molecule has 68 valence electrons. The van der Waals surface area contributed by atoms with Crippen LogP contribution in [0.5, 0.6) is 0 Å². The van der Waals surface area contributed by atoms with E-state index in [-0.39, 0.29) is 0 Å². The first kappa shape index (κ1) is 11.7. The van der Waals surface area contributed by atoms with Crippen LogP contribution in [0.2, 0.25) is 0 Å². The Morgan fingerprint density at radius 1 is 1.25 bits per heavy atom. The third-order valence-electron chi connectivity index (χ3n) is 1.29. The average molecular weight is 230 g/mol. The molecule has 0 heterocycles. The molecule has 2 N–H and O–H groups in total. The van der Waals surface area contributed by atoms with Crippen molar-refractivity contribution in [2.24, 2.45) is 5.73 Å². The van der Waals surface area contributed by atoms with Crippen LogP contribution in [0.1, 0.15) is 19.8 Å². The SMILES string of the molecule is Brc1ccccc1.CCCCN. The van der Waals surface area contributed by atoms with Crippen LogP contribution in [0.25, 0.3) is 0 Å². The molecule has 0 amide bonds. The van der Waals surface area contributed by atoms with Crippen molar-refractivity contribution in [2.75, 3.05) is 6.54 Å². The maximum Gasteiger partial charge on any atom is 0.0175 e. The van der Waals surface area contributed by atoms with Gasteiger partial charge in [-0.05, 0) is 25.1 Å². The summed E-state index contributed by atoms with van der Waals surface area (Å²) in [5.74, 6) is 0. The fourth-order valence-electron chi connectivity index (χ4n) is 0.619. The highest BCUT2D eigenvalue weighted by atomic mass is 79.9. The van der Waals surface area contributed by atoms with Crippen LogP contribution in [-0.4, -0.2) is 6.54 Å². The van der Waals surface area contributed by atoms with Crippen LogP contribution in [-0.2, 0) is 0 Å². The van der Waals surface area contributed by atoms with Gasteiger partial charge in [-0.2, -0.15) is 0 Å². The van der Waals surface area contributed by atoms with Gasteiger partial charge in [-0.1, -0.05) is 47.5 Å². The smallest absolute Gasteiger partial charge is 0.0175 e. The summed E-state index contributed by atoms with van der Waals surface area (Å²) < 4.78 is 1.13. The molecule has 1 aromatic rings. The average Bonchev–Trinajstić information content (AvgIpc) is 2.08. The van der Waals surface area contributed by atoms with Crippen molar-refractivity contribution in [2.45, 2.75) is 19.8 Å². The molecular weight excluding hydrogens is 214 g/mol. The molecule has 0 radical (unpaired) electrons. The number of hydrogen-bond acceptors (Lipinski definition) is 1. The Hall–Kier alpha value is -0.340. The lowest BCUT2D eigenvalue weighted by Crippen LogP contribution is -1.95. The normalized spacial score (nSPS) is 8.58. The van der Waals surface area contributed by atoms with Crippen LogP contribution in [0.3, 0.4) is 0 Å². The van der Waals surface area contributed by atoms with Crippen molar-refractivity contribution >= 4 is 15.9 Å². The fourth-order valence-corrected chi connectivity index (χ4v) is 0.924. The Bertz CT molecular complexity index is 172. The molecule has 0 aliphatic heterocycles. The third kappa shape index (κ3) is 7.76. The molecule has 0 saturated heterocycles. The van der Waals surface area contributed by atoms with E-state index in [1.54, 1.807) is 0 Å². The van der Waals surface area contributed by atoms with Gasteiger partial charge < -0.3 is 5.73 Å². The zero-order valence-corrected chi connectivity index (χ0v) is 9.05. The molecule has 1 aromatic carbocycles. The molecular formula is C10H16BrN. The maximum absolute atomic E-state index is 5.14. The maximum atomic E-state index is 5.14. The van der Waals surface area contributed by atoms with E-state index < -0.39 is 0 Å². The predicted octanol–water partition coefficient (Wildman–Crippen LogP) is 3.19. The number of hydrogen-bond donors (Lipinski definition) is 1. The molecule has 0 atom stereocenters. The Balaban J connectivity index is 0.000000217. The number of rotatable bonds is 2. The van der Waals surface area contributed by atoms with Crippen LogP contribution in [0.15, 0.2) is 34.8 Å². The molecule has 1 rings (SSSR count). The van der Waals surface area contributed by atoms with E-state index in [1.165, 1.54) is 12.8 Å². The van der Waals surface area contributed by atoms with Gasteiger partial charge in [0, 0.05) is 4.47 Å². The van der Waals surface area contributed by atoms with Crippen LogP contribution >= 0.6 is 15.9 Å². The van der Waals surface area contributed by atoms with Gasteiger partial charge in [-0.3, -0.25) is 0 Å². The standard InChI is InChI=1S/C6H5Br.C4H11N/c7-6-4-2-1-3-5-6;1-2-3-4-5/h1-5H;2-5H2,1H3. The highest BCUT2D eigenvalue weighted by Crippen LogP contribution is 2.05. The highest BCUT2D eigenvalue weighted by Gasteiger charge is 1.74. The van der Waals surface area contributed by atoms with Gasteiger partial charge in [-0.15, -0.1) is 0 Å². The summed E-state index contributed by atoms with van der Waals surface area (Å²) in [5, 5.41) is 0. The first-order valence-corrected chi connectivity index (χ1v) is 5.01. The Labute approximate surface area is 83.1 Å². The molecule has 0 aliphatic carbocycles. The lowest BCUT2D eigenvalue weighted by molar-refractivity contribution is 0.807. The van der Waals surface area contributed by atoms with Crippen LogP contribution in [0.4, 0.5) is 0 Å². The second-order valence-electron chi connectivity index (χ2n) is 2.44. The van der Waals surface area contributed by atoms with Crippen molar-refractivity contribution in [3.8, 4) is 0 Å². The summed E-state index contributed by atoms with van der Waals surface area (Å²) in [7, 11) is 0. The van der Waals surface area contributed by atoms with Gasteiger partial charge in [0.25, 0.3) is 0 Å². The van der Waals surface area contributed by atoms with Crippen molar-refractivity contribution < 1.29 is 0 Å². The summed E-state index contributed by atoms with van der Waals surface area (Å²) in [5.41, 5.74) is 5.14. The molecule has 0 unspecified atom stereocenters. The number of halogens is 1. The minimum Gasteiger partial charge on any atom is -0.330 e. The van der Waals surface area contributed by atoms with Crippen molar-refractivity contribution in [1.82, 2.24) is 0 Å². The summed E-state index contributed by atoms with van der Waals surface area (Å²) in [6, 6.07) is 9.97. The Morgan fingerprint density at radius 3 is 2.00 bits per heavy atom. The lowest BCUT2D eigenvalue weighted by atomic mass is 10.3. The van der Waals surface area contributed by atoms with Gasteiger partial charge in [-0.25, -0.2) is 0 Å². The quantitative estimate of drug-likeness (QED) is 0.829. The van der Waals surface area contributed by atoms with Gasteiger partial charge in [0.15, 0.2) is 0 Å². The van der Waals surface area contributed by atoms with Crippen molar-refractivity contribution in [1.29, 1.82) is 0 Å². The van der Waals surface area contributed by atoms with Gasteiger partial charge in [0.1, 0.15) is 0 Å². The number of benzene rings is 1. The number of nitrogens with two attached hydrogens (primary N) is 1. The topological polar surface area (TPSA) is 26.0 Å². The molecule has 1 nitrogen and oxygen atoms in total. The minimum absolute atomic E-state index is 0.844. The molecule has 0 spiro atoms. The largest absolute Gasteiger partial charge is 0.330 e. The molecule has 0 bridgehead atoms. The zero-order chi connectivity index (χ0) is 9.23. The fraction of sp³-hybridized carbons (Fsp3) is 0.400. The van der Waals surface area contributed by atoms with Crippen LogP contribution < -0.4 is 5.73 Å². The van der Waals surface area contributed by atoms with E-state index in [0.717, 1.165) is 11.0 Å². The monoisotopic (exact) mass is 229 g/mol. The highest BCUT2D eigenvalue weighted by molar-refractivity contribution is 9.10. The summed E-state index contributed by atoms with van der Waals surface area (Å²) in [6.45, 7) is 2.98.